The summed E-state index contributed by atoms with van der Waals surface area (Å²) in [5, 5.41) is 0. The lowest BCUT2D eigenvalue weighted by Crippen LogP contribution is -2.37. The summed E-state index contributed by atoms with van der Waals surface area (Å²) in [4.78, 5) is 2.50. The molecule has 1 fully saturated rings. The molecule has 2 nitrogen and oxygen atoms in total. The first-order chi connectivity index (χ1) is 5.24. The molecule has 11 heavy (non-hydrogen) atoms. The van der Waals surface area contributed by atoms with E-state index in [2.05, 4.69) is 18.7 Å². The molecule has 1 atom stereocenters. The van der Waals surface area contributed by atoms with E-state index in [4.69, 9.17) is 5.73 Å². The SMILES string of the molecule is C[C](C)CN1CCCC1CN. The Bertz CT molecular complexity index is 112. The van der Waals surface area contributed by atoms with Crippen LogP contribution in [0.2, 0.25) is 0 Å². The molecule has 65 valence electrons. The van der Waals surface area contributed by atoms with Crippen molar-refractivity contribution in [3.63, 3.8) is 0 Å². The van der Waals surface area contributed by atoms with E-state index in [0.29, 0.717) is 6.04 Å². The molecule has 0 amide bonds. The fourth-order valence-corrected chi connectivity index (χ4v) is 1.78. The third-order valence-electron chi connectivity index (χ3n) is 2.29. The van der Waals surface area contributed by atoms with E-state index in [0.717, 1.165) is 13.1 Å². The topological polar surface area (TPSA) is 29.3 Å². The van der Waals surface area contributed by atoms with Gasteiger partial charge in [0.05, 0.1) is 0 Å². The Kier molecular flexibility index (Phi) is 3.34. The van der Waals surface area contributed by atoms with Crippen molar-refractivity contribution in [3.05, 3.63) is 5.92 Å². The van der Waals surface area contributed by atoms with Gasteiger partial charge in [-0.05, 0) is 25.3 Å². The van der Waals surface area contributed by atoms with Gasteiger partial charge in [-0.2, -0.15) is 0 Å². The van der Waals surface area contributed by atoms with Gasteiger partial charge in [0, 0.05) is 19.1 Å². The van der Waals surface area contributed by atoms with Gasteiger partial charge in [-0.1, -0.05) is 13.8 Å². The van der Waals surface area contributed by atoms with Gasteiger partial charge in [0.25, 0.3) is 0 Å². The van der Waals surface area contributed by atoms with Crippen LogP contribution in [0.5, 0.6) is 0 Å². The standard InChI is InChI=1S/C9H19N2/c1-8(2)7-11-5-3-4-9(11)6-10/h9H,3-7,10H2,1-2H3. The highest BCUT2D eigenvalue weighted by molar-refractivity contribution is 4.88. The van der Waals surface area contributed by atoms with E-state index in [1.54, 1.807) is 0 Å². The number of nitrogens with zero attached hydrogens (tertiary/aromatic N) is 1. The summed E-state index contributed by atoms with van der Waals surface area (Å²) < 4.78 is 0. The lowest BCUT2D eigenvalue weighted by Gasteiger charge is -2.24. The molecule has 0 saturated carbocycles. The Hall–Kier alpha value is -0.0800. The van der Waals surface area contributed by atoms with E-state index < -0.39 is 0 Å². The van der Waals surface area contributed by atoms with Gasteiger partial charge in [-0.25, -0.2) is 0 Å². The van der Waals surface area contributed by atoms with Gasteiger partial charge in [0.1, 0.15) is 0 Å². The first kappa shape index (κ1) is 9.01. The van der Waals surface area contributed by atoms with Crippen molar-refractivity contribution >= 4 is 0 Å². The van der Waals surface area contributed by atoms with Crippen LogP contribution in [0.1, 0.15) is 26.7 Å². The summed E-state index contributed by atoms with van der Waals surface area (Å²) in [7, 11) is 0. The van der Waals surface area contributed by atoms with Gasteiger partial charge in [-0.15, -0.1) is 0 Å². The second kappa shape index (κ2) is 4.07. The number of rotatable bonds is 3. The van der Waals surface area contributed by atoms with E-state index >= 15 is 0 Å². The van der Waals surface area contributed by atoms with Crippen molar-refractivity contribution < 1.29 is 0 Å². The van der Waals surface area contributed by atoms with Gasteiger partial charge in [0.2, 0.25) is 0 Å². The molecule has 1 aliphatic rings. The number of nitrogens with two attached hydrogens (primary N) is 1. The van der Waals surface area contributed by atoms with Gasteiger partial charge in [-0.3, -0.25) is 4.90 Å². The van der Waals surface area contributed by atoms with Crippen LogP contribution in [0.25, 0.3) is 0 Å². The smallest absolute Gasteiger partial charge is 0.0219 e. The van der Waals surface area contributed by atoms with Crippen molar-refractivity contribution in [2.24, 2.45) is 5.73 Å². The second-order valence-corrected chi connectivity index (χ2v) is 3.71. The molecule has 1 saturated heterocycles. The fraction of sp³-hybridized carbons (Fsp3) is 0.889. The van der Waals surface area contributed by atoms with E-state index in [1.165, 1.54) is 25.3 Å². The lowest BCUT2D eigenvalue weighted by atomic mass is 10.2. The summed E-state index contributed by atoms with van der Waals surface area (Å²) in [5.41, 5.74) is 5.65. The lowest BCUT2D eigenvalue weighted by molar-refractivity contribution is 0.269. The molecule has 0 aromatic carbocycles. The zero-order valence-electron chi connectivity index (χ0n) is 7.64. The minimum atomic E-state index is 0.657. The van der Waals surface area contributed by atoms with Crippen LogP contribution in [0.3, 0.4) is 0 Å². The average Bonchev–Trinajstić information content (AvgIpc) is 2.34. The highest BCUT2D eigenvalue weighted by atomic mass is 15.2. The van der Waals surface area contributed by atoms with Crippen molar-refractivity contribution in [3.8, 4) is 0 Å². The minimum absolute atomic E-state index is 0.657. The zero-order chi connectivity index (χ0) is 8.27. The third-order valence-corrected chi connectivity index (χ3v) is 2.29. The van der Waals surface area contributed by atoms with Crippen LogP contribution in [0.15, 0.2) is 0 Å². The largest absolute Gasteiger partial charge is 0.329 e. The van der Waals surface area contributed by atoms with Crippen LogP contribution in [-0.2, 0) is 0 Å². The van der Waals surface area contributed by atoms with E-state index in [9.17, 15) is 0 Å². The predicted octanol–water partition coefficient (Wildman–Crippen LogP) is 1.02. The van der Waals surface area contributed by atoms with Crippen LogP contribution in [0.4, 0.5) is 0 Å². The third kappa shape index (κ3) is 2.46. The Morgan fingerprint density at radius 3 is 2.82 bits per heavy atom. The molecule has 2 heteroatoms. The highest BCUT2D eigenvalue weighted by Gasteiger charge is 2.22. The zero-order valence-corrected chi connectivity index (χ0v) is 7.64. The molecule has 1 heterocycles. The number of hydrogen-bond donors (Lipinski definition) is 1. The average molecular weight is 155 g/mol. The molecule has 1 aliphatic heterocycles. The van der Waals surface area contributed by atoms with Crippen LogP contribution in [-0.4, -0.2) is 30.6 Å². The maximum absolute atomic E-state index is 5.65. The molecular weight excluding hydrogens is 136 g/mol. The van der Waals surface area contributed by atoms with Crippen LogP contribution in [0, 0.1) is 5.92 Å². The molecule has 0 aliphatic carbocycles. The highest BCUT2D eigenvalue weighted by Crippen LogP contribution is 2.17. The molecule has 1 rings (SSSR count). The summed E-state index contributed by atoms with van der Waals surface area (Å²) in [6.45, 7) is 7.58. The summed E-state index contributed by atoms with van der Waals surface area (Å²) in [6.07, 6.45) is 2.62. The minimum Gasteiger partial charge on any atom is -0.329 e. The van der Waals surface area contributed by atoms with Crippen molar-refractivity contribution in [1.29, 1.82) is 0 Å². The molecule has 0 aromatic rings. The quantitative estimate of drug-likeness (QED) is 0.659. The maximum Gasteiger partial charge on any atom is 0.0219 e. The summed E-state index contributed by atoms with van der Waals surface area (Å²) in [6, 6.07) is 0.657. The first-order valence-corrected chi connectivity index (χ1v) is 4.47. The molecule has 0 bridgehead atoms. The Labute approximate surface area is 69.8 Å². The molecular formula is C9H19N2. The van der Waals surface area contributed by atoms with E-state index in [1.807, 2.05) is 0 Å². The molecule has 1 radical (unpaired) electrons. The Morgan fingerprint density at radius 1 is 1.55 bits per heavy atom. The number of likely N-dealkylation sites (tertiary alicyclic amines) is 1. The molecule has 2 N–H and O–H groups in total. The van der Waals surface area contributed by atoms with Gasteiger partial charge < -0.3 is 5.73 Å². The summed E-state index contributed by atoms with van der Waals surface area (Å²) >= 11 is 0. The van der Waals surface area contributed by atoms with Crippen molar-refractivity contribution in [2.45, 2.75) is 32.7 Å². The molecule has 0 aromatic heterocycles. The van der Waals surface area contributed by atoms with Crippen molar-refractivity contribution in [2.75, 3.05) is 19.6 Å². The Balaban J connectivity index is 2.31. The summed E-state index contributed by atoms with van der Waals surface area (Å²) in [5.74, 6) is 1.49. The molecule has 1 unspecified atom stereocenters. The van der Waals surface area contributed by atoms with Crippen molar-refractivity contribution in [1.82, 2.24) is 4.90 Å². The predicted molar refractivity (Wildman–Crippen MR) is 48.2 cm³/mol. The van der Waals surface area contributed by atoms with Crippen LogP contribution < -0.4 is 5.73 Å². The second-order valence-electron chi connectivity index (χ2n) is 3.71. The normalized spacial score (nSPS) is 26.7. The number of hydrogen-bond acceptors (Lipinski definition) is 2. The van der Waals surface area contributed by atoms with Gasteiger partial charge >= 0.3 is 0 Å². The maximum atomic E-state index is 5.65. The monoisotopic (exact) mass is 155 g/mol. The Morgan fingerprint density at radius 2 is 2.27 bits per heavy atom. The van der Waals surface area contributed by atoms with Crippen LogP contribution >= 0.6 is 0 Å². The van der Waals surface area contributed by atoms with E-state index in [-0.39, 0.29) is 0 Å². The molecule has 0 spiro atoms. The fourth-order valence-electron chi connectivity index (χ4n) is 1.78. The van der Waals surface area contributed by atoms with Gasteiger partial charge in [0.15, 0.2) is 0 Å². The first-order valence-electron chi connectivity index (χ1n) is 4.47.